The van der Waals surface area contributed by atoms with Gasteiger partial charge in [-0.1, -0.05) is 36.4 Å². The number of morpholine rings is 1. The Balaban J connectivity index is 1.83. The SMILES string of the molecule is Cc1c(-c2ccccc2)oc2c(C(=O)N3CCOC(C(=O)O)C3)cccc2c1=O. The van der Waals surface area contributed by atoms with E-state index in [1.807, 2.05) is 30.3 Å². The number of para-hydroxylation sites is 1. The molecule has 1 aliphatic heterocycles. The number of hydrogen-bond acceptors (Lipinski definition) is 5. The van der Waals surface area contributed by atoms with Crippen molar-refractivity contribution in [1.82, 2.24) is 4.90 Å². The molecule has 0 aliphatic carbocycles. The van der Waals surface area contributed by atoms with E-state index in [1.165, 1.54) is 4.90 Å². The van der Waals surface area contributed by atoms with Gasteiger partial charge in [0.2, 0.25) is 0 Å². The van der Waals surface area contributed by atoms with Gasteiger partial charge in [0.1, 0.15) is 5.76 Å². The van der Waals surface area contributed by atoms with Crippen molar-refractivity contribution < 1.29 is 23.8 Å². The Labute approximate surface area is 166 Å². The number of amides is 1. The lowest BCUT2D eigenvalue weighted by Gasteiger charge is -2.31. The third kappa shape index (κ3) is 3.40. The van der Waals surface area contributed by atoms with Crippen LogP contribution in [0.25, 0.3) is 22.3 Å². The minimum absolute atomic E-state index is 0.0633. The zero-order chi connectivity index (χ0) is 20.5. The highest BCUT2D eigenvalue weighted by Gasteiger charge is 2.31. The van der Waals surface area contributed by atoms with Crippen molar-refractivity contribution in [3.05, 3.63) is 69.9 Å². The standard InChI is InChI=1S/C22H19NO6/c1-13-18(24)15-8-5-9-16(20(15)29-19(13)14-6-3-2-4-7-14)21(25)23-10-11-28-17(12-23)22(26)27/h2-9,17H,10-12H2,1H3,(H,26,27). The first-order valence-electron chi connectivity index (χ1n) is 9.23. The number of nitrogens with zero attached hydrogens (tertiary/aromatic N) is 1. The molecular formula is C22H19NO6. The highest BCUT2D eigenvalue weighted by atomic mass is 16.5. The molecule has 2 aromatic carbocycles. The Morgan fingerprint density at radius 1 is 1.10 bits per heavy atom. The van der Waals surface area contributed by atoms with Crippen molar-refractivity contribution in [2.75, 3.05) is 19.7 Å². The maximum absolute atomic E-state index is 13.1. The molecule has 1 atom stereocenters. The average molecular weight is 393 g/mol. The van der Waals surface area contributed by atoms with E-state index in [2.05, 4.69) is 0 Å². The zero-order valence-electron chi connectivity index (χ0n) is 15.8. The zero-order valence-corrected chi connectivity index (χ0v) is 15.8. The van der Waals surface area contributed by atoms with Crippen LogP contribution in [0.5, 0.6) is 0 Å². The van der Waals surface area contributed by atoms with Crippen molar-refractivity contribution in [2.45, 2.75) is 13.0 Å². The van der Waals surface area contributed by atoms with Crippen LogP contribution in [-0.2, 0) is 9.53 Å². The Kier molecular flexibility index (Phi) is 4.90. The molecule has 148 valence electrons. The minimum Gasteiger partial charge on any atom is -0.479 e. The molecule has 0 bridgehead atoms. The summed E-state index contributed by atoms with van der Waals surface area (Å²) in [7, 11) is 0. The number of carboxylic acids is 1. The number of aliphatic carboxylic acids is 1. The first-order valence-corrected chi connectivity index (χ1v) is 9.23. The molecule has 0 radical (unpaired) electrons. The van der Waals surface area contributed by atoms with Gasteiger partial charge >= 0.3 is 5.97 Å². The Morgan fingerprint density at radius 3 is 2.59 bits per heavy atom. The maximum Gasteiger partial charge on any atom is 0.334 e. The van der Waals surface area contributed by atoms with Gasteiger partial charge in [0.15, 0.2) is 17.1 Å². The van der Waals surface area contributed by atoms with Crippen LogP contribution in [0.15, 0.2) is 57.7 Å². The van der Waals surface area contributed by atoms with E-state index in [-0.39, 0.29) is 36.3 Å². The van der Waals surface area contributed by atoms with Crippen molar-refractivity contribution in [3.8, 4) is 11.3 Å². The molecule has 1 saturated heterocycles. The molecule has 1 fully saturated rings. The number of ether oxygens (including phenoxy) is 1. The van der Waals surface area contributed by atoms with Crippen LogP contribution in [0.3, 0.4) is 0 Å². The molecule has 1 aromatic heterocycles. The Bertz CT molecular complexity index is 1150. The van der Waals surface area contributed by atoms with Crippen LogP contribution in [-0.4, -0.2) is 47.7 Å². The monoisotopic (exact) mass is 393 g/mol. The molecule has 0 spiro atoms. The molecular weight excluding hydrogens is 374 g/mol. The lowest BCUT2D eigenvalue weighted by Crippen LogP contribution is -2.48. The van der Waals surface area contributed by atoms with Crippen LogP contribution in [0.1, 0.15) is 15.9 Å². The smallest absolute Gasteiger partial charge is 0.334 e. The summed E-state index contributed by atoms with van der Waals surface area (Å²) < 4.78 is 11.3. The molecule has 1 amide bonds. The molecule has 7 heteroatoms. The highest BCUT2D eigenvalue weighted by molar-refractivity contribution is 6.05. The van der Waals surface area contributed by atoms with Gasteiger partial charge in [-0.05, 0) is 19.1 Å². The van der Waals surface area contributed by atoms with Crippen molar-refractivity contribution in [1.29, 1.82) is 0 Å². The number of hydrogen-bond donors (Lipinski definition) is 1. The van der Waals surface area contributed by atoms with E-state index in [1.54, 1.807) is 25.1 Å². The molecule has 1 unspecified atom stereocenters. The predicted octanol–water partition coefficient (Wildman–Crippen LogP) is 2.69. The van der Waals surface area contributed by atoms with Crippen molar-refractivity contribution in [3.63, 3.8) is 0 Å². The minimum atomic E-state index is -1.12. The molecule has 1 N–H and O–H groups in total. The first kappa shape index (κ1) is 18.9. The molecule has 1 aliphatic rings. The summed E-state index contributed by atoms with van der Waals surface area (Å²) in [6.45, 7) is 2.03. The van der Waals surface area contributed by atoms with Crippen LogP contribution >= 0.6 is 0 Å². The van der Waals surface area contributed by atoms with Gasteiger partial charge in [-0.2, -0.15) is 0 Å². The second-order valence-electron chi connectivity index (χ2n) is 6.88. The van der Waals surface area contributed by atoms with Gasteiger partial charge in [0, 0.05) is 17.7 Å². The third-order valence-corrected chi connectivity index (χ3v) is 5.04. The van der Waals surface area contributed by atoms with Gasteiger partial charge in [0.05, 0.1) is 24.1 Å². The van der Waals surface area contributed by atoms with Crippen LogP contribution in [0.2, 0.25) is 0 Å². The Hall–Kier alpha value is -3.45. The van der Waals surface area contributed by atoms with E-state index >= 15 is 0 Å². The lowest BCUT2D eigenvalue weighted by molar-refractivity contribution is -0.154. The number of carboxylic acid groups (broad SMARTS) is 1. The van der Waals surface area contributed by atoms with Crippen molar-refractivity contribution >= 4 is 22.8 Å². The highest BCUT2D eigenvalue weighted by Crippen LogP contribution is 2.28. The average Bonchev–Trinajstić information content (AvgIpc) is 2.76. The van der Waals surface area contributed by atoms with Gasteiger partial charge in [-0.3, -0.25) is 9.59 Å². The van der Waals surface area contributed by atoms with E-state index in [0.29, 0.717) is 16.7 Å². The maximum atomic E-state index is 13.1. The van der Waals surface area contributed by atoms with Crippen molar-refractivity contribution in [2.24, 2.45) is 0 Å². The summed E-state index contributed by atoms with van der Waals surface area (Å²) in [5.74, 6) is -1.10. The second kappa shape index (κ2) is 7.52. The summed E-state index contributed by atoms with van der Waals surface area (Å²) in [6, 6.07) is 14.1. The van der Waals surface area contributed by atoms with E-state index in [4.69, 9.17) is 9.15 Å². The molecule has 2 heterocycles. The molecule has 0 saturated carbocycles. The molecule has 3 aromatic rings. The second-order valence-corrected chi connectivity index (χ2v) is 6.88. The summed E-state index contributed by atoms with van der Waals surface area (Å²) in [5.41, 5.74) is 1.42. The van der Waals surface area contributed by atoms with E-state index in [0.717, 1.165) is 5.56 Å². The first-order chi connectivity index (χ1) is 14.0. The number of carbonyl (C=O) groups excluding carboxylic acids is 1. The lowest BCUT2D eigenvalue weighted by atomic mass is 10.0. The number of benzene rings is 2. The van der Waals surface area contributed by atoms with Crippen LogP contribution < -0.4 is 5.43 Å². The summed E-state index contributed by atoms with van der Waals surface area (Å²) in [5, 5.41) is 9.50. The Morgan fingerprint density at radius 2 is 1.86 bits per heavy atom. The predicted molar refractivity (Wildman–Crippen MR) is 106 cm³/mol. The number of rotatable bonds is 3. The molecule has 4 rings (SSSR count). The van der Waals surface area contributed by atoms with Gasteiger partial charge in [-0.15, -0.1) is 0 Å². The largest absolute Gasteiger partial charge is 0.479 e. The quantitative estimate of drug-likeness (QED) is 0.735. The van der Waals surface area contributed by atoms with Crippen LogP contribution in [0, 0.1) is 6.92 Å². The summed E-state index contributed by atoms with van der Waals surface area (Å²) >= 11 is 0. The fraction of sp³-hybridized carbons (Fsp3) is 0.227. The van der Waals surface area contributed by atoms with Gasteiger partial charge < -0.3 is 19.2 Å². The molecule has 29 heavy (non-hydrogen) atoms. The summed E-state index contributed by atoms with van der Waals surface area (Å²) in [6.07, 6.45) is -1.07. The summed E-state index contributed by atoms with van der Waals surface area (Å²) in [4.78, 5) is 38.7. The van der Waals surface area contributed by atoms with E-state index in [9.17, 15) is 19.5 Å². The molecule has 7 nitrogen and oxygen atoms in total. The van der Waals surface area contributed by atoms with E-state index < -0.39 is 18.0 Å². The number of carbonyl (C=O) groups is 2. The fourth-order valence-electron chi connectivity index (χ4n) is 3.50. The fourth-order valence-corrected chi connectivity index (χ4v) is 3.50. The number of fused-ring (bicyclic) bond motifs is 1. The normalized spacial score (nSPS) is 16.7. The van der Waals surface area contributed by atoms with Gasteiger partial charge in [0.25, 0.3) is 5.91 Å². The van der Waals surface area contributed by atoms with Gasteiger partial charge in [-0.25, -0.2) is 4.79 Å². The van der Waals surface area contributed by atoms with Crippen LogP contribution in [0.4, 0.5) is 0 Å². The third-order valence-electron chi connectivity index (χ3n) is 5.04. The topological polar surface area (TPSA) is 97.1 Å².